The van der Waals surface area contributed by atoms with Crippen molar-refractivity contribution >= 4 is 23.8 Å². The predicted molar refractivity (Wildman–Crippen MR) is 99.0 cm³/mol. The standard InChI is InChI=1S/C20H22ClNO3/c1-14(2)10-17(12-23)22-20(24)18-11-16(21)8-9-19(18)25-13-15-6-4-3-5-7-15/h3-9,11-12,14,17H,10,13H2,1-2H3,(H,22,24)/t17-/m0/s1. The van der Waals surface area contributed by atoms with Crippen molar-refractivity contribution < 1.29 is 14.3 Å². The number of carbonyl (C=O) groups excluding carboxylic acids is 2. The van der Waals surface area contributed by atoms with Crippen LogP contribution in [0.25, 0.3) is 0 Å². The van der Waals surface area contributed by atoms with Crippen LogP contribution in [0.5, 0.6) is 5.75 Å². The minimum Gasteiger partial charge on any atom is -0.488 e. The van der Waals surface area contributed by atoms with Gasteiger partial charge in [-0.05, 0) is 36.1 Å². The topological polar surface area (TPSA) is 55.4 Å². The van der Waals surface area contributed by atoms with E-state index in [0.29, 0.717) is 35.3 Å². The number of carbonyl (C=O) groups is 2. The first-order valence-corrected chi connectivity index (χ1v) is 8.60. The van der Waals surface area contributed by atoms with Crippen LogP contribution in [0, 0.1) is 5.92 Å². The molecule has 0 heterocycles. The maximum absolute atomic E-state index is 12.6. The van der Waals surface area contributed by atoms with Gasteiger partial charge >= 0.3 is 0 Å². The molecule has 0 radical (unpaired) electrons. The largest absolute Gasteiger partial charge is 0.488 e. The number of rotatable bonds is 8. The van der Waals surface area contributed by atoms with E-state index >= 15 is 0 Å². The van der Waals surface area contributed by atoms with Crippen molar-refractivity contribution in [2.45, 2.75) is 32.9 Å². The average Bonchev–Trinajstić information content (AvgIpc) is 2.60. The third-order valence-corrected chi connectivity index (χ3v) is 3.86. The minimum atomic E-state index is -0.534. The normalized spacial score (nSPS) is 11.8. The second-order valence-electron chi connectivity index (χ2n) is 6.26. The molecule has 2 aromatic rings. The summed E-state index contributed by atoms with van der Waals surface area (Å²) in [4.78, 5) is 23.8. The lowest BCUT2D eigenvalue weighted by atomic mass is 10.0. The maximum Gasteiger partial charge on any atom is 0.255 e. The van der Waals surface area contributed by atoms with Crippen molar-refractivity contribution in [1.29, 1.82) is 0 Å². The zero-order chi connectivity index (χ0) is 18.2. The van der Waals surface area contributed by atoms with E-state index in [-0.39, 0.29) is 5.91 Å². The van der Waals surface area contributed by atoms with Crippen LogP contribution < -0.4 is 10.1 Å². The van der Waals surface area contributed by atoms with Crippen LogP contribution in [0.3, 0.4) is 0 Å². The van der Waals surface area contributed by atoms with E-state index in [2.05, 4.69) is 5.32 Å². The summed E-state index contributed by atoms with van der Waals surface area (Å²) < 4.78 is 5.79. The van der Waals surface area contributed by atoms with E-state index < -0.39 is 6.04 Å². The van der Waals surface area contributed by atoms with Crippen LogP contribution in [0.4, 0.5) is 0 Å². The molecule has 0 aliphatic heterocycles. The monoisotopic (exact) mass is 359 g/mol. The predicted octanol–water partition coefficient (Wildman–Crippen LogP) is 4.26. The van der Waals surface area contributed by atoms with Crippen LogP contribution >= 0.6 is 11.6 Å². The summed E-state index contributed by atoms with van der Waals surface area (Å²) in [6.45, 7) is 4.33. The molecule has 0 bridgehead atoms. The molecule has 25 heavy (non-hydrogen) atoms. The first-order valence-electron chi connectivity index (χ1n) is 8.22. The molecule has 1 N–H and O–H groups in total. The fourth-order valence-corrected chi connectivity index (χ4v) is 2.62. The van der Waals surface area contributed by atoms with Crippen LogP contribution in [-0.2, 0) is 11.4 Å². The minimum absolute atomic E-state index is 0.295. The van der Waals surface area contributed by atoms with Gasteiger partial charge in [-0.25, -0.2) is 0 Å². The van der Waals surface area contributed by atoms with Gasteiger partial charge in [-0.15, -0.1) is 0 Å². The van der Waals surface area contributed by atoms with Gasteiger partial charge in [0.25, 0.3) is 5.91 Å². The fourth-order valence-electron chi connectivity index (χ4n) is 2.44. The molecule has 0 aromatic heterocycles. The smallest absolute Gasteiger partial charge is 0.255 e. The third kappa shape index (κ3) is 5.91. The molecule has 2 rings (SSSR count). The highest BCUT2D eigenvalue weighted by molar-refractivity contribution is 6.31. The molecule has 0 saturated carbocycles. The summed E-state index contributed by atoms with van der Waals surface area (Å²) in [5, 5.41) is 3.17. The number of ether oxygens (including phenoxy) is 1. The Morgan fingerprint density at radius 2 is 1.92 bits per heavy atom. The van der Waals surface area contributed by atoms with Gasteiger partial charge in [0.15, 0.2) is 0 Å². The SMILES string of the molecule is CC(C)C[C@@H](C=O)NC(=O)c1cc(Cl)ccc1OCc1ccccc1. The Bertz CT molecular complexity index is 716. The zero-order valence-corrected chi connectivity index (χ0v) is 15.1. The van der Waals surface area contributed by atoms with Crippen molar-refractivity contribution in [1.82, 2.24) is 5.32 Å². The molecule has 0 spiro atoms. The first kappa shape index (κ1) is 19.0. The highest BCUT2D eigenvalue weighted by Gasteiger charge is 2.18. The summed E-state index contributed by atoms with van der Waals surface area (Å²) >= 11 is 6.03. The molecule has 0 aliphatic carbocycles. The van der Waals surface area contributed by atoms with Gasteiger partial charge < -0.3 is 14.8 Å². The Kier molecular flexibility index (Phi) is 7.02. The van der Waals surface area contributed by atoms with E-state index in [1.54, 1.807) is 18.2 Å². The van der Waals surface area contributed by atoms with Crippen LogP contribution in [0.2, 0.25) is 5.02 Å². The maximum atomic E-state index is 12.6. The van der Waals surface area contributed by atoms with Crippen molar-refractivity contribution in [3.05, 3.63) is 64.7 Å². The molecule has 4 nitrogen and oxygen atoms in total. The van der Waals surface area contributed by atoms with E-state index in [1.165, 1.54) is 0 Å². The Morgan fingerprint density at radius 3 is 2.56 bits per heavy atom. The lowest BCUT2D eigenvalue weighted by Gasteiger charge is -2.17. The Morgan fingerprint density at radius 1 is 1.20 bits per heavy atom. The summed E-state index contributed by atoms with van der Waals surface area (Å²) in [5.74, 6) is 0.354. The first-order chi connectivity index (χ1) is 12.0. The van der Waals surface area contributed by atoms with Crippen molar-refractivity contribution in [2.75, 3.05) is 0 Å². The van der Waals surface area contributed by atoms with E-state index in [1.807, 2.05) is 44.2 Å². The van der Waals surface area contributed by atoms with E-state index in [9.17, 15) is 9.59 Å². The van der Waals surface area contributed by atoms with E-state index in [0.717, 1.165) is 11.8 Å². The van der Waals surface area contributed by atoms with Gasteiger partial charge in [0.05, 0.1) is 11.6 Å². The molecule has 0 aliphatic rings. The molecule has 0 unspecified atom stereocenters. The van der Waals surface area contributed by atoms with Gasteiger partial charge in [-0.2, -0.15) is 0 Å². The molecule has 5 heteroatoms. The lowest BCUT2D eigenvalue weighted by Crippen LogP contribution is -2.37. The Balaban J connectivity index is 2.14. The number of halogens is 1. The number of amides is 1. The number of benzene rings is 2. The Labute approximate surface area is 153 Å². The second-order valence-corrected chi connectivity index (χ2v) is 6.70. The van der Waals surface area contributed by atoms with Gasteiger partial charge in [-0.3, -0.25) is 4.79 Å². The molecule has 2 aromatic carbocycles. The highest BCUT2D eigenvalue weighted by Crippen LogP contribution is 2.24. The average molecular weight is 360 g/mol. The van der Waals surface area contributed by atoms with Crippen LogP contribution in [0.15, 0.2) is 48.5 Å². The second kappa shape index (κ2) is 9.23. The van der Waals surface area contributed by atoms with Gasteiger partial charge in [0.2, 0.25) is 0 Å². The van der Waals surface area contributed by atoms with Crippen molar-refractivity contribution in [2.24, 2.45) is 5.92 Å². The Hall–Kier alpha value is -2.33. The highest BCUT2D eigenvalue weighted by atomic mass is 35.5. The van der Waals surface area contributed by atoms with E-state index in [4.69, 9.17) is 16.3 Å². The van der Waals surface area contributed by atoms with Crippen molar-refractivity contribution in [3.8, 4) is 5.75 Å². The molecule has 1 atom stereocenters. The van der Waals surface area contributed by atoms with Crippen LogP contribution in [0.1, 0.15) is 36.2 Å². The van der Waals surface area contributed by atoms with Gasteiger partial charge in [-0.1, -0.05) is 55.8 Å². The number of hydrogen-bond donors (Lipinski definition) is 1. The summed E-state index contributed by atoms with van der Waals surface area (Å²) in [6.07, 6.45) is 1.34. The molecule has 0 saturated heterocycles. The van der Waals surface area contributed by atoms with Crippen molar-refractivity contribution in [3.63, 3.8) is 0 Å². The zero-order valence-electron chi connectivity index (χ0n) is 14.4. The third-order valence-electron chi connectivity index (χ3n) is 3.63. The number of aldehydes is 1. The molecular formula is C20H22ClNO3. The van der Waals surface area contributed by atoms with Crippen LogP contribution in [-0.4, -0.2) is 18.2 Å². The van der Waals surface area contributed by atoms with Gasteiger partial charge in [0, 0.05) is 5.02 Å². The molecular weight excluding hydrogens is 338 g/mol. The molecule has 0 fully saturated rings. The van der Waals surface area contributed by atoms with Gasteiger partial charge in [0.1, 0.15) is 18.6 Å². The number of hydrogen-bond acceptors (Lipinski definition) is 3. The lowest BCUT2D eigenvalue weighted by molar-refractivity contribution is -0.109. The summed E-state index contributed by atoms with van der Waals surface area (Å²) in [5.41, 5.74) is 1.31. The summed E-state index contributed by atoms with van der Waals surface area (Å²) in [6, 6.07) is 14.0. The summed E-state index contributed by atoms with van der Waals surface area (Å²) in [7, 11) is 0. The fraction of sp³-hybridized carbons (Fsp3) is 0.300. The molecule has 132 valence electrons. The quantitative estimate of drug-likeness (QED) is 0.716. The number of nitrogens with one attached hydrogen (secondary N) is 1. The molecule has 1 amide bonds.